The maximum atomic E-state index is 11.4. The van der Waals surface area contributed by atoms with Crippen molar-refractivity contribution in [3.63, 3.8) is 0 Å². The molecule has 0 aliphatic carbocycles. The number of carbonyl (C=O) groups is 2. The number of aliphatic carboxylic acids is 1. The van der Waals surface area contributed by atoms with Crippen LogP contribution >= 0.6 is 12.6 Å². The van der Waals surface area contributed by atoms with E-state index in [1.807, 2.05) is 45.0 Å². The van der Waals surface area contributed by atoms with Crippen molar-refractivity contribution in [2.24, 2.45) is 11.6 Å². The highest BCUT2D eigenvalue weighted by Gasteiger charge is 2.26. The van der Waals surface area contributed by atoms with Crippen LogP contribution in [0.15, 0.2) is 48.3 Å². The number of rotatable bonds is 29. The third-order valence-electron chi connectivity index (χ3n) is 7.77. The largest absolute Gasteiger partial charge is 0.496 e. The van der Waals surface area contributed by atoms with Crippen LogP contribution in [0.1, 0.15) is 38.3 Å². The summed E-state index contributed by atoms with van der Waals surface area (Å²) in [5, 5.41) is 13.1. The number of nitrogens with zero attached hydrogens (tertiary/aromatic N) is 1. The molecule has 2 aromatic carbocycles. The molecule has 0 heterocycles. The van der Waals surface area contributed by atoms with Crippen LogP contribution in [-0.4, -0.2) is 120 Å². The van der Waals surface area contributed by atoms with Gasteiger partial charge in [-0.3, -0.25) is 4.79 Å². The van der Waals surface area contributed by atoms with Crippen LogP contribution in [0, 0.1) is 0 Å². The van der Waals surface area contributed by atoms with Crippen LogP contribution in [-0.2, 0) is 51.0 Å². The molecule has 1 amide bonds. The fourth-order valence-corrected chi connectivity index (χ4v) is 5.03. The predicted octanol–water partition coefficient (Wildman–Crippen LogP) is 3.13. The van der Waals surface area contributed by atoms with Gasteiger partial charge in [0.25, 0.3) is 0 Å². The summed E-state index contributed by atoms with van der Waals surface area (Å²) < 4.78 is 45.3. The molecule has 6 N–H and O–H groups in total. The van der Waals surface area contributed by atoms with Crippen molar-refractivity contribution in [3.8, 4) is 22.6 Å². The second kappa shape index (κ2) is 23.9. The minimum atomic E-state index is -1.11. The molecule has 16 heteroatoms. The number of carbonyl (C=O) groups excluding carboxylic acids is 1. The van der Waals surface area contributed by atoms with Gasteiger partial charge in [-0.15, -0.1) is 12.6 Å². The topological polar surface area (TPSA) is 196 Å². The maximum Gasteiger partial charge on any atom is 0.326 e. The van der Waals surface area contributed by atoms with Gasteiger partial charge >= 0.3 is 5.97 Å². The van der Waals surface area contributed by atoms with Gasteiger partial charge in [-0.25, -0.2) is 10.6 Å². The van der Waals surface area contributed by atoms with E-state index >= 15 is 0 Å². The molecular weight excluding hydrogens is 708 g/mol. The fourth-order valence-electron chi connectivity index (χ4n) is 4.87. The molecule has 2 rings (SSSR count). The number of ether oxygens (including phenoxy) is 8. The molecule has 2 aromatic rings. The molecule has 2 atom stereocenters. The number of thiol groups is 1. The summed E-state index contributed by atoms with van der Waals surface area (Å²) in [6, 6.07) is 10.1. The van der Waals surface area contributed by atoms with Gasteiger partial charge in [-0.1, -0.05) is 24.3 Å². The van der Waals surface area contributed by atoms with Gasteiger partial charge in [0.05, 0.1) is 90.5 Å². The highest BCUT2D eigenvalue weighted by atomic mass is 32.1. The van der Waals surface area contributed by atoms with Gasteiger partial charge in [-0.05, 0) is 49.6 Å². The summed E-state index contributed by atoms with van der Waals surface area (Å²) in [4.78, 5) is 21.5. The molecule has 298 valence electrons. The first-order valence-corrected chi connectivity index (χ1v) is 17.7. The summed E-state index contributed by atoms with van der Waals surface area (Å²) in [5.41, 5.74) is 9.16. The first-order valence-electron chi connectivity index (χ1n) is 17.2. The summed E-state index contributed by atoms with van der Waals surface area (Å²) >= 11 is 4.55. The van der Waals surface area contributed by atoms with Crippen molar-refractivity contribution in [2.45, 2.75) is 56.8 Å². The first-order chi connectivity index (χ1) is 25.2. The lowest BCUT2D eigenvalue weighted by molar-refractivity contribution is -0.140. The molecule has 0 bridgehead atoms. The molecule has 0 fully saturated rings. The number of carboxylic acids is 1. The quantitative estimate of drug-likeness (QED) is 0.0202. The standard InChI is InChI=1S/C37H58N4O11S/c1-36(2,25-52-37(3,53)11-13-45-4)51-14-12-41(39)22-30(38)24-50-18-16-48-15-17-49-23-28-20-32(46-5)34(33(21-28)47-6)29-9-7-27(8-10-29)19-31(35(43)44)40-26-42/h7-10,20-22,26,31,53H,11-19,23-25,38-39H2,1-6H3,(H,40,42)(H,43,44)/b30-22-. The fraction of sp³-hybridized carbons (Fsp3) is 0.568. The molecular formula is C37H58N4O11S. The van der Waals surface area contributed by atoms with Crippen molar-refractivity contribution in [3.05, 3.63) is 59.4 Å². The van der Waals surface area contributed by atoms with Crippen LogP contribution in [0.3, 0.4) is 0 Å². The Hall–Kier alpha value is -3.61. The van der Waals surface area contributed by atoms with Gasteiger partial charge in [0, 0.05) is 32.8 Å². The van der Waals surface area contributed by atoms with Crippen LogP contribution in [0.25, 0.3) is 11.1 Å². The minimum Gasteiger partial charge on any atom is -0.496 e. The van der Waals surface area contributed by atoms with Gasteiger partial charge in [0.1, 0.15) is 22.5 Å². The van der Waals surface area contributed by atoms with Crippen molar-refractivity contribution in [2.75, 3.05) is 80.7 Å². The van der Waals surface area contributed by atoms with E-state index in [1.54, 1.807) is 39.7 Å². The predicted molar refractivity (Wildman–Crippen MR) is 204 cm³/mol. The third kappa shape index (κ3) is 17.8. The van der Waals surface area contributed by atoms with Crippen LogP contribution in [0.2, 0.25) is 0 Å². The number of amides is 1. The Bertz CT molecular complexity index is 1380. The van der Waals surface area contributed by atoms with E-state index in [9.17, 15) is 14.7 Å². The van der Waals surface area contributed by atoms with Gasteiger partial charge in [-0.2, -0.15) is 0 Å². The number of hydrogen-bond acceptors (Lipinski definition) is 14. The third-order valence-corrected chi connectivity index (χ3v) is 8.12. The van der Waals surface area contributed by atoms with Crippen molar-refractivity contribution < 1.29 is 52.6 Å². The summed E-state index contributed by atoms with van der Waals surface area (Å²) in [7, 11) is 4.79. The molecule has 2 unspecified atom stereocenters. The maximum absolute atomic E-state index is 11.4. The molecule has 53 heavy (non-hydrogen) atoms. The molecule has 0 aromatic heterocycles. The molecule has 0 aliphatic heterocycles. The molecule has 0 spiro atoms. The number of hydrazine groups is 1. The lowest BCUT2D eigenvalue weighted by atomic mass is 9.98. The van der Waals surface area contributed by atoms with E-state index in [0.29, 0.717) is 89.4 Å². The summed E-state index contributed by atoms with van der Waals surface area (Å²) in [6.45, 7) is 9.46. The Morgan fingerprint density at radius 1 is 0.925 bits per heavy atom. The molecule has 0 saturated carbocycles. The second-order valence-corrected chi connectivity index (χ2v) is 13.9. The normalized spacial score (nSPS) is 13.6. The number of nitrogens with one attached hydrogen (secondary N) is 1. The number of methoxy groups -OCH3 is 3. The Labute approximate surface area is 318 Å². The Morgan fingerprint density at radius 2 is 1.55 bits per heavy atom. The van der Waals surface area contributed by atoms with Gasteiger partial charge in [0.15, 0.2) is 0 Å². The zero-order valence-corrected chi connectivity index (χ0v) is 32.7. The van der Waals surface area contributed by atoms with Crippen LogP contribution < -0.4 is 26.4 Å². The average Bonchev–Trinajstić information content (AvgIpc) is 3.12. The molecule has 0 radical (unpaired) electrons. The van der Waals surface area contributed by atoms with Crippen LogP contribution in [0.4, 0.5) is 0 Å². The monoisotopic (exact) mass is 766 g/mol. The van der Waals surface area contributed by atoms with Gasteiger partial charge in [0.2, 0.25) is 6.41 Å². The number of benzene rings is 2. The average molecular weight is 767 g/mol. The van der Waals surface area contributed by atoms with Crippen molar-refractivity contribution in [1.82, 2.24) is 10.3 Å². The summed E-state index contributed by atoms with van der Waals surface area (Å²) in [5.74, 6) is 6.13. The number of carboxylic acid groups (broad SMARTS) is 1. The van der Waals surface area contributed by atoms with E-state index in [1.165, 1.54) is 5.01 Å². The number of hydrogen-bond donors (Lipinski definition) is 5. The molecule has 0 aliphatic rings. The van der Waals surface area contributed by atoms with E-state index in [2.05, 4.69) is 17.9 Å². The zero-order valence-electron chi connectivity index (χ0n) is 31.8. The van der Waals surface area contributed by atoms with E-state index in [4.69, 9.17) is 49.5 Å². The van der Waals surface area contributed by atoms with Crippen molar-refractivity contribution in [1.29, 1.82) is 0 Å². The SMILES string of the molecule is COCCC(C)(S)OCC(C)(C)OCCN(N)/C=C(\N)COCCOCCOCc1cc(OC)c(-c2ccc(CC(NC=O)C(=O)O)cc2)c(OC)c1. The van der Waals surface area contributed by atoms with E-state index in [0.717, 1.165) is 22.3 Å². The molecule has 0 saturated heterocycles. The highest BCUT2D eigenvalue weighted by Crippen LogP contribution is 2.40. The second-order valence-electron chi connectivity index (χ2n) is 12.9. The Morgan fingerprint density at radius 3 is 2.13 bits per heavy atom. The zero-order chi connectivity index (χ0) is 39.3. The Balaban J connectivity index is 1.69. The van der Waals surface area contributed by atoms with E-state index in [-0.39, 0.29) is 13.0 Å². The molecule has 15 nitrogen and oxygen atoms in total. The van der Waals surface area contributed by atoms with Gasteiger partial charge < -0.3 is 59.1 Å². The first kappa shape index (κ1) is 45.5. The van der Waals surface area contributed by atoms with Crippen LogP contribution in [0.5, 0.6) is 11.5 Å². The number of nitrogens with two attached hydrogens (primary N) is 2. The van der Waals surface area contributed by atoms with E-state index < -0.39 is 22.5 Å². The highest BCUT2D eigenvalue weighted by molar-refractivity contribution is 7.81. The smallest absolute Gasteiger partial charge is 0.326 e. The Kier molecular flexibility index (Phi) is 20.6. The lowest BCUT2D eigenvalue weighted by Gasteiger charge is -2.31. The lowest BCUT2D eigenvalue weighted by Crippen LogP contribution is -2.39. The minimum absolute atomic E-state index is 0.150. The van der Waals surface area contributed by atoms with Crippen molar-refractivity contribution >= 4 is 25.0 Å². The summed E-state index contributed by atoms with van der Waals surface area (Å²) in [6.07, 6.45) is 2.80.